The van der Waals surface area contributed by atoms with Crippen LogP contribution in [-0.2, 0) is 9.84 Å². The monoisotopic (exact) mass is 316 g/mol. The fourth-order valence-corrected chi connectivity index (χ4v) is 3.92. The zero-order valence-corrected chi connectivity index (χ0v) is 13.8. The molecule has 0 unspecified atom stereocenters. The molecule has 1 N–H and O–H groups in total. The van der Waals surface area contributed by atoms with Crippen molar-refractivity contribution in [2.75, 3.05) is 11.5 Å². The number of sulfone groups is 1. The van der Waals surface area contributed by atoms with Crippen molar-refractivity contribution in [3.05, 3.63) is 29.3 Å². The Kier molecular flexibility index (Phi) is 5.27. The van der Waals surface area contributed by atoms with Gasteiger partial charge in [-0.15, -0.1) is 11.8 Å². The molecule has 0 bridgehead atoms. The highest BCUT2D eigenvalue weighted by Gasteiger charge is 2.28. The van der Waals surface area contributed by atoms with Crippen molar-refractivity contribution in [3.8, 4) is 0 Å². The first-order valence-corrected chi connectivity index (χ1v) is 8.87. The Hall–Kier alpha value is -1.01. The van der Waals surface area contributed by atoms with Crippen molar-refractivity contribution >= 4 is 27.6 Å². The standard InChI is InChI=1S/C14H20O4S2/c1-10-5-6-11(9-12(10)13(15)16)19-7-8-20(17,18)14(2,3)4/h5-6,9H,7-8H2,1-4H3,(H,15,16). The number of benzene rings is 1. The van der Waals surface area contributed by atoms with Crippen LogP contribution in [0.15, 0.2) is 23.1 Å². The van der Waals surface area contributed by atoms with E-state index in [0.29, 0.717) is 11.3 Å². The lowest BCUT2D eigenvalue weighted by molar-refractivity contribution is 0.0696. The molecule has 1 aromatic carbocycles. The lowest BCUT2D eigenvalue weighted by atomic mass is 10.1. The molecule has 0 atom stereocenters. The van der Waals surface area contributed by atoms with Gasteiger partial charge in [0.15, 0.2) is 9.84 Å². The molecular formula is C14H20O4S2. The van der Waals surface area contributed by atoms with Crippen LogP contribution in [0, 0.1) is 6.92 Å². The third kappa shape index (κ3) is 4.24. The Morgan fingerprint density at radius 2 is 1.90 bits per heavy atom. The summed E-state index contributed by atoms with van der Waals surface area (Å²) in [6.07, 6.45) is 0. The van der Waals surface area contributed by atoms with Gasteiger partial charge in [-0.3, -0.25) is 0 Å². The number of carboxylic acid groups (broad SMARTS) is 1. The van der Waals surface area contributed by atoms with Gasteiger partial charge in [-0.2, -0.15) is 0 Å². The van der Waals surface area contributed by atoms with Gasteiger partial charge in [0.25, 0.3) is 0 Å². The minimum absolute atomic E-state index is 0.0808. The third-order valence-electron chi connectivity index (χ3n) is 2.99. The Bertz CT molecular complexity index is 598. The molecular weight excluding hydrogens is 296 g/mol. The van der Waals surface area contributed by atoms with E-state index in [1.165, 1.54) is 11.8 Å². The highest BCUT2D eigenvalue weighted by Crippen LogP contribution is 2.24. The summed E-state index contributed by atoms with van der Waals surface area (Å²) in [6.45, 7) is 6.78. The van der Waals surface area contributed by atoms with Crippen LogP contribution in [0.3, 0.4) is 0 Å². The maximum atomic E-state index is 12.0. The number of aryl methyl sites for hydroxylation is 1. The van der Waals surface area contributed by atoms with Crippen LogP contribution < -0.4 is 0 Å². The molecule has 6 heteroatoms. The number of carbonyl (C=O) groups is 1. The number of rotatable bonds is 5. The summed E-state index contributed by atoms with van der Waals surface area (Å²) in [5.41, 5.74) is 0.956. The number of thioether (sulfide) groups is 1. The van der Waals surface area contributed by atoms with Gasteiger partial charge in [0.2, 0.25) is 0 Å². The average molecular weight is 316 g/mol. The van der Waals surface area contributed by atoms with Gasteiger partial charge in [0.05, 0.1) is 16.1 Å². The van der Waals surface area contributed by atoms with Gasteiger partial charge in [-0.1, -0.05) is 6.07 Å². The summed E-state index contributed by atoms with van der Waals surface area (Å²) in [6, 6.07) is 5.15. The van der Waals surface area contributed by atoms with Gasteiger partial charge >= 0.3 is 5.97 Å². The molecule has 0 aliphatic heterocycles. The zero-order valence-electron chi connectivity index (χ0n) is 12.1. The van der Waals surface area contributed by atoms with Crippen molar-refractivity contribution in [2.24, 2.45) is 0 Å². The molecule has 112 valence electrons. The molecule has 1 aromatic rings. The van der Waals surface area contributed by atoms with Gasteiger partial charge in [-0.05, 0) is 45.4 Å². The van der Waals surface area contributed by atoms with Crippen LogP contribution in [0.1, 0.15) is 36.7 Å². The summed E-state index contributed by atoms with van der Waals surface area (Å²) in [5, 5.41) is 9.05. The normalized spacial score (nSPS) is 12.4. The van der Waals surface area contributed by atoms with Crippen LogP contribution in [0.5, 0.6) is 0 Å². The van der Waals surface area contributed by atoms with Crippen molar-refractivity contribution in [1.29, 1.82) is 0 Å². The first kappa shape index (κ1) is 17.0. The molecule has 0 aliphatic carbocycles. The van der Waals surface area contributed by atoms with Crippen LogP contribution >= 0.6 is 11.8 Å². The van der Waals surface area contributed by atoms with E-state index in [1.807, 2.05) is 6.07 Å². The molecule has 0 fully saturated rings. The molecule has 1 rings (SSSR count). The van der Waals surface area contributed by atoms with E-state index in [1.54, 1.807) is 39.8 Å². The van der Waals surface area contributed by atoms with Gasteiger partial charge < -0.3 is 5.11 Å². The van der Waals surface area contributed by atoms with Gasteiger partial charge in [-0.25, -0.2) is 13.2 Å². The maximum Gasteiger partial charge on any atom is 0.335 e. The quantitative estimate of drug-likeness (QED) is 0.846. The highest BCUT2D eigenvalue weighted by molar-refractivity contribution is 8.01. The number of carboxylic acids is 1. The molecule has 0 spiro atoms. The predicted octanol–water partition coefficient (Wildman–Crippen LogP) is 3.00. The Labute approximate surface area is 124 Å². The van der Waals surface area contributed by atoms with E-state index in [0.717, 1.165) is 4.90 Å². The fourth-order valence-electron chi connectivity index (χ4n) is 1.50. The molecule has 0 heterocycles. The molecule has 0 saturated heterocycles. The molecule has 0 radical (unpaired) electrons. The Balaban J connectivity index is 2.73. The second-order valence-corrected chi connectivity index (χ2v) is 9.59. The highest BCUT2D eigenvalue weighted by atomic mass is 32.2. The Morgan fingerprint density at radius 3 is 2.40 bits per heavy atom. The van der Waals surface area contributed by atoms with Crippen molar-refractivity contribution in [3.63, 3.8) is 0 Å². The average Bonchev–Trinajstić information content (AvgIpc) is 2.29. The van der Waals surface area contributed by atoms with Gasteiger partial charge in [0.1, 0.15) is 0 Å². The lowest BCUT2D eigenvalue weighted by Crippen LogP contribution is -2.31. The van der Waals surface area contributed by atoms with E-state index < -0.39 is 20.6 Å². The van der Waals surface area contributed by atoms with Crippen molar-refractivity contribution < 1.29 is 18.3 Å². The molecule has 0 aromatic heterocycles. The third-order valence-corrected chi connectivity index (χ3v) is 6.85. The van der Waals surface area contributed by atoms with Crippen LogP contribution in [0.4, 0.5) is 0 Å². The minimum atomic E-state index is -3.14. The van der Waals surface area contributed by atoms with E-state index >= 15 is 0 Å². The van der Waals surface area contributed by atoms with E-state index in [9.17, 15) is 13.2 Å². The summed E-state index contributed by atoms with van der Waals surface area (Å²) in [4.78, 5) is 11.8. The fraction of sp³-hybridized carbons (Fsp3) is 0.500. The van der Waals surface area contributed by atoms with Gasteiger partial charge in [0, 0.05) is 10.6 Å². The van der Waals surface area contributed by atoms with Crippen LogP contribution in [0.25, 0.3) is 0 Å². The number of hydrogen-bond donors (Lipinski definition) is 1. The zero-order chi connectivity index (χ0) is 15.6. The van der Waals surface area contributed by atoms with Crippen molar-refractivity contribution in [2.45, 2.75) is 37.3 Å². The van der Waals surface area contributed by atoms with E-state index in [2.05, 4.69) is 0 Å². The molecule has 20 heavy (non-hydrogen) atoms. The summed E-state index contributed by atoms with van der Waals surface area (Å²) in [5.74, 6) is -0.466. The largest absolute Gasteiger partial charge is 0.478 e. The van der Waals surface area contributed by atoms with E-state index in [-0.39, 0.29) is 11.3 Å². The first-order chi connectivity index (χ1) is 9.04. The SMILES string of the molecule is Cc1ccc(SCCS(=O)(=O)C(C)(C)C)cc1C(=O)O. The second kappa shape index (κ2) is 6.18. The first-order valence-electron chi connectivity index (χ1n) is 6.23. The van der Waals surface area contributed by atoms with Crippen LogP contribution in [-0.4, -0.2) is 35.7 Å². The summed E-state index contributed by atoms with van der Waals surface area (Å²) in [7, 11) is -3.14. The second-order valence-electron chi connectivity index (χ2n) is 5.56. The molecule has 0 saturated carbocycles. The number of hydrogen-bond acceptors (Lipinski definition) is 4. The minimum Gasteiger partial charge on any atom is -0.478 e. The maximum absolute atomic E-state index is 12.0. The topological polar surface area (TPSA) is 71.4 Å². The molecule has 0 aliphatic rings. The smallest absolute Gasteiger partial charge is 0.335 e. The Morgan fingerprint density at radius 1 is 1.30 bits per heavy atom. The lowest BCUT2D eigenvalue weighted by Gasteiger charge is -2.18. The summed E-state index contributed by atoms with van der Waals surface area (Å²) < 4.78 is 23.2. The molecule has 4 nitrogen and oxygen atoms in total. The van der Waals surface area contributed by atoms with E-state index in [4.69, 9.17) is 5.11 Å². The molecule has 0 amide bonds. The van der Waals surface area contributed by atoms with Crippen LogP contribution in [0.2, 0.25) is 0 Å². The summed E-state index contributed by atoms with van der Waals surface area (Å²) >= 11 is 1.36. The number of aromatic carboxylic acids is 1. The van der Waals surface area contributed by atoms with Crippen molar-refractivity contribution in [1.82, 2.24) is 0 Å². The predicted molar refractivity (Wildman–Crippen MR) is 82.4 cm³/mol.